The molecule has 0 saturated carbocycles. The molecule has 0 fully saturated rings. The van der Waals surface area contributed by atoms with E-state index in [9.17, 15) is 0 Å². The summed E-state index contributed by atoms with van der Waals surface area (Å²) in [6.07, 6.45) is 0. The minimum atomic E-state index is -1.63. The fraction of sp³-hybridized carbons (Fsp3) is 0. The molecule has 3 N–H and O–H groups in total. The SMILES string of the molecule is [2H]OB(O)Oc1cccc(O)c1. The molecule has 0 spiro atoms. The van der Waals surface area contributed by atoms with E-state index in [2.05, 4.69) is 9.68 Å². The fourth-order valence-corrected chi connectivity index (χ4v) is 0.673. The van der Waals surface area contributed by atoms with Gasteiger partial charge in [0.25, 0.3) is 0 Å². The van der Waals surface area contributed by atoms with Crippen molar-refractivity contribution in [1.29, 1.82) is 1.43 Å². The van der Waals surface area contributed by atoms with E-state index < -0.39 is 7.32 Å². The van der Waals surface area contributed by atoms with Crippen LogP contribution in [-0.4, -0.2) is 23.9 Å². The van der Waals surface area contributed by atoms with Gasteiger partial charge in [0.1, 0.15) is 11.5 Å². The first-order valence-electron chi connectivity index (χ1n) is 3.39. The minimum absolute atomic E-state index is 0.0182. The third-order valence-corrected chi connectivity index (χ3v) is 1.05. The van der Waals surface area contributed by atoms with Crippen LogP contribution in [0, 0.1) is 0 Å². The highest BCUT2D eigenvalue weighted by Crippen LogP contribution is 2.17. The molecule has 0 aromatic heterocycles. The summed E-state index contributed by atoms with van der Waals surface area (Å²) in [6.45, 7) is 0. The number of phenols is 1. The molecule has 4 nitrogen and oxygen atoms in total. The van der Waals surface area contributed by atoms with Gasteiger partial charge in [-0.25, -0.2) is 0 Å². The Kier molecular flexibility index (Phi) is 1.94. The van der Waals surface area contributed by atoms with E-state index in [0.29, 0.717) is 0 Å². The van der Waals surface area contributed by atoms with E-state index in [1.165, 1.54) is 18.2 Å². The van der Waals surface area contributed by atoms with Gasteiger partial charge in [0.15, 0.2) is 1.43 Å². The second kappa shape index (κ2) is 3.27. The van der Waals surface area contributed by atoms with E-state index >= 15 is 0 Å². The monoisotopic (exact) mass is 155 g/mol. The van der Waals surface area contributed by atoms with Crippen molar-refractivity contribution in [2.45, 2.75) is 0 Å². The third-order valence-electron chi connectivity index (χ3n) is 1.05. The lowest BCUT2D eigenvalue weighted by molar-refractivity contribution is 0.287. The Hall–Kier alpha value is -1.20. The smallest absolute Gasteiger partial charge is 0.512 e. The Bertz CT molecular complexity index is 257. The summed E-state index contributed by atoms with van der Waals surface area (Å²) < 4.78 is 10.9. The molecule has 0 aliphatic carbocycles. The highest BCUT2D eigenvalue weighted by Gasteiger charge is 2.10. The van der Waals surface area contributed by atoms with E-state index in [1.54, 1.807) is 6.07 Å². The second-order valence-electron chi connectivity index (χ2n) is 1.92. The summed E-state index contributed by atoms with van der Waals surface area (Å²) in [6, 6.07) is 5.81. The minimum Gasteiger partial charge on any atom is -0.512 e. The summed E-state index contributed by atoms with van der Waals surface area (Å²) in [7, 11) is -1.63. The van der Waals surface area contributed by atoms with Crippen LogP contribution >= 0.6 is 0 Å². The number of benzene rings is 1. The first kappa shape index (κ1) is 6.51. The van der Waals surface area contributed by atoms with Crippen LogP contribution in [-0.2, 0) is 0 Å². The molecule has 0 unspecified atom stereocenters. The summed E-state index contributed by atoms with van der Waals surface area (Å²) >= 11 is 0. The van der Waals surface area contributed by atoms with Gasteiger partial charge in [-0.05, 0) is 12.1 Å². The number of aromatic hydroxyl groups is 1. The van der Waals surface area contributed by atoms with Crippen molar-refractivity contribution in [3.8, 4) is 11.5 Å². The number of phenolic OH excluding ortho intramolecular Hbond substituents is 1. The van der Waals surface area contributed by atoms with E-state index in [1.807, 2.05) is 0 Å². The summed E-state index contributed by atoms with van der Waals surface area (Å²) in [5, 5.41) is 21.3. The molecule has 0 aliphatic heterocycles. The van der Waals surface area contributed by atoms with Crippen molar-refractivity contribution < 1.29 is 19.8 Å². The van der Waals surface area contributed by atoms with Gasteiger partial charge in [0, 0.05) is 6.07 Å². The van der Waals surface area contributed by atoms with Crippen LogP contribution in [0.5, 0.6) is 11.5 Å². The molecule has 0 amide bonds. The molecule has 58 valence electrons. The first-order chi connectivity index (χ1) is 5.72. The Balaban J connectivity index is 2.63. The number of hydrogen-bond donors (Lipinski definition) is 3. The molecule has 1 aromatic rings. The topological polar surface area (TPSA) is 69.9 Å². The van der Waals surface area contributed by atoms with Gasteiger partial charge in [-0.3, -0.25) is 0 Å². The van der Waals surface area contributed by atoms with E-state index in [0.717, 1.165) is 0 Å². The highest BCUT2D eigenvalue weighted by molar-refractivity contribution is 6.33. The molecule has 11 heavy (non-hydrogen) atoms. The summed E-state index contributed by atoms with van der Waals surface area (Å²) in [4.78, 5) is 0. The van der Waals surface area contributed by atoms with Crippen molar-refractivity contribution in [3.63, 3.8) is 0 Å². The lowest BCUT2D eigenvalue weighted by Gasteiger charge is -2.03. The van der Waals surface area contributed by atoms with Gasteiger partial charge in [-0.2, -0.15) is 0 Å². The van der Waals surface area contributed by atoms with E-state index in [4.69, 9.17) is 11.6 Å². The predicted molar refractivity (Wildman–Crippen MR) is 38.9 cm³/mol. The van der Waals surface area contributed by atoms with Crippen LogP contribution in [0.4, 0.5) is 0 Å². The van der Waals surface area contributed by atoms with Crippen LogP contribution < -0.4 is 4.65 Å². The van der Waals surface area contributed by atoms with Crippen molar-refractivity contribution in [3.05, 3.63) is 24.3 Å². The number of rotatable bonds is 3. The second-order valence-corrected chi connectivity index (χ2v) is 1.92. The van der Waals surface area contributed by atoms with Gasteiger partial charge in [-0.1, -0.05) is 6.07 Å². The molecular weight excluding hydrogens is 147 g/mol. The average Bonchev–Trinajstić information content (AvgIpc) is 2.04. The molecule has 1 rings (SSSR count). The highest BCUT2D eigenvalue weighted by atomic mass is 16.6. The molecule has 0 heterocycles. The van der Waals surface area contributed by atoms with Gasteiger partial charge >= 0.3 is 7.32 Å². The maximum absolute atomic E-state index is 8.95. The quantitative estimate of drug-likeness (QED) is 0.526. The van der Waals surface area contributed by atoms with Gasteiger partial charge in [0.05, 0.1) is 0 Å². The standard InChI is InChI=1S/C6H7BO4/c8-5-2-1-3-6(4-5)11-7(9)10/h1-4,8-10H/i9D. The summed E-state index contributed by atoms with van der Waals surface area (Å²) in [5.74, 6) is 0.249. The van der Waals surface area contributed by atoms with Crippen molar-refractivity contribution in [1.82, 2.24) is 0 Å². The van der Waals surface area contributed by atoms with Gasteiger partial charge in [0.2, 0.25) is 0 Å². The lowest BCUT2D eigenvalue weighted by Crippen LogP contribution is -2.20. The lowest BCUT2D eigenvalue weighted by atomic mass is 10.2. The number of hydrogen-bond acceptors (Lipinski definition) is 4. The van der Waals surface area contributed by atoms with E-state index in [-0.39, 0.29) is 11.5 Å². The maximum Gasteiger partial charge on any atom is 0.707 e. The zero-order chi connectivity index (χ0) is 8.97. The predicted octanol–water partition coefficient (Wildman–Crippen LogP) is -0.260. The van der Waals surface area contributed by atoms with Gasteiger partial charge < -0.3 is 19.8 Å². The molecular formula is C6H7BO4. The Labute approximate surface area is 65.3 Å². The zero-order valence-electron chi connectivity index (χ0n) is 6.60. The molecule has 0 saturated heterocycles. The van der Waals surface area contributed by atoms with Crippen LogP contribution in [0.2, 0.25) is 0 Å². The van der Waals surface area contributed by atoms with Crippen molar-refractivity contribution in [2.75, 3.05) is 0 Å². The van der Waals surface area contributed by atoms with Gasteiger partial charge in [-0.15, -0.1) is 0 Å². The Morgan fingerprint density at radius 1 is 1.55 bits per heavy atom. The Morgan fingerprint density at radius 3 is 3.00 bits per heavy atom. The molecule has 0 aliphatic rings. The third kappa shape index (κ3) is 2.49. The normalized spacial score (nSPS) is 10.5. The fourth-order valence-electron chi connectivity index (χ4n) is 0.673. The molecule has 0 radical (unpaired) electrons. The van der Waals surface area contributed by atoms with Crippen LogP contribution in [0.1, 0.15) is 0 Å². The molecule has 0 atom stereocenters. The Morgan fingerprint density at radius 2 is 2.36 bits per heavy atom. The van der Waals surface area contributed by atoms with Crippen LogP contribution in [0.25, 0.3) is 0 Å². The average molecular weight is 155 g/mol. The van der Waals surface area contributed by atoms with Crippen LogP contribution in [0.15, 0.2) is 24.3 Å². The van der Waals surface area contributed by atoms with Crippen LogP contribution in [0.3, 0.4) is 0 Å². The molecule has 5 heteroatoms. The largest absolute Gasteiger partial charge is 0.707 e. The molecule has 0 bridgehead atoms. The first-order valence-corrected chi connectivity index (χ1v) is 2.98. The molecule has 1 aromatic carbocycles. The van der Waals surface area contributed by atoms with Crippen molar-refractivity contribution in [2.24, 2.45) is 0 Å². The van der Waals surface area contributed by atoms with Crippen molar-refractivity contribution >= 4 is 7.32 Å². The summed E-state index contributed by atoms with van der Waals surface area (Å²) in [5.41, 5.74) is 0. The zero-order valence-corrected chi connectivity index (χ0v) is 5.60. The maximum atomic E-state index is 8.95.